The van der Waals surface area contributed by atoms with Gasteiger partial charge in [0.15, 0.2) is 23.6 Å². The van der Waals surface area contributed by atoms with Crippen LogP contribution in [0.5, 0.6) is 11.5 Å². The van der Waals surface area contributed by atoms with Crippen LogP contribution in [0.1, 0.15) is 18.2 Å². The second-order valence-corrected chi connectivity index (χ2v) is 7.26. The molecule has 4 aromatic rings. The highest BCUT2D eigenvalue weighted by Crippen LogP contribution is 2.39. The van der Waals surface area contributed by atoms with Crippen LogP contribution >= 0.6 is 0 Å². The van der Waals surface area contributed by atoms with E-state index in [0.717, 1.165) is 39.9 Å². The quantitative estimate of drug-likeness (QED) is 0.522. The van der Waals surface area contributed by atoms with Crippen molar-refractivity contribution in [2.24, 2.45) is 10.7 Å². The summed E-state index contributed by atoms with van der Waals surface area (Å²) in [4.78, 5) is 9.42. The highest BCUT2D eigenvalue weighted by atomic mass is 16.5. The molecule has 2 aliphatic rings. The van der Waals surface area contributed by atoms with Crippen LogP contribution in [0.4, 0.5) is 5.95 Å². The molecule has 0 saturated carbocycles. The fourth-order valence-corrected chi connectivity index (χ4v) is 4.02. The Balaban J connectivity index is 1.55. The first-order valence-corrected chi connectivity index (χ1v) is 9.67. The molecule has 3 N–H and O–H groups in total. The molecule has 6 rings (SSSR count). The Morgan fingerprint density at radius 1 is 0.966 bits per heavy atom. The van der Waals surface area contributed by atoms with Crippen molar-refractivity contribution in [1.29, 1.82) is 0 Å². The highest BCUT2D eigenvalue weighted by molar-refractivity contribution is 5.95. The molecule has 2 aliphatic heterocycles. The summed E-state index contributed by atoms with van der Waals surface area (Å²) in [5, 5.41) is 5.44. The molecule has 144 valence electrons. The Bertz CT molecular complexity index is 1290. The SMILES string of the molecule is NC1=NC(c2ccc3ccccc3c2)n2c(nc3cc4c(cc32)OCCCO4)N1. The van der Waals surface area contributed by atoms with Gasteiger partial charge in [0.1, 0.15) is 0 Å². The number of aromatic nitrogens is 2. The molecule has 7 nitrogen and oxygen atoms in total. The van der Waals surface area contributed by atoms with Crippen LogP contribution in [0.25, 0.3) is 21.8 Å². The molecule has 1 atom stereocenters. The molecule has 0 fully saturated rings. The van der Waals surface area contributed by atoms with Crippen LogP contribution in [0.2, 0.25) is 0 Å². The van der Waals surface area contributed by atoms with Crippen molar-refractivity contribution >= 4 is 33.7 Å². The van der Waals surface area contributed by atoms with E-state index in [-0.39, 0.29) is 6.17 Å². The lowest BCUT2D eigenvalue weighted by Gasteiger charge is -2.24. The van der Waals surface area contributed by atoms with Gasteiger partial charge in [-0.15, -0.1) is 0 Å². The molecule has 1 unspecified atom stereocenters. The van der Waals surface area contributed by atoms with Crippen LogP contribution < -0.4 is 20.5 Å². The molecule has 1 aromatic heterocycles. The number of hydrogen-bond acceptors (Lipinski definition) is 6. The Hall–Kier alpha value is -3.74. The van der Waals surface area contributed by atoms with E-state index in [0.29, 0.717) is 25.1 Å². The number of nitrogens with zero attached hydrogens (tertiary/aromatic N) is 3. The molecule has 7 heteroatoms. The maximum atomic E-state index is 6.09. The Morgan fingerprint density at radius 3 is 2.62 bits per heavy atom. The first-order chi connectivity index (χ1) is 14.3. The van der Waals surface area contributed by atoms with Gasteiger partial charge in [-0.1, -0.05) is 36.4 Å². The van der Waals surface area contributed by atoms with Gasteiger partial charge >= 0.3 is 0 Å². The van der Waals surface area contributed by atoms with E-state index in [1.54, 1.807) is 0 Å². The summed E-state index contributed by atoms with van der Waals surface area (Å²) < 4.78 is 13.8. The lowest BCUT2D eigenvalue weighted by molar-refractivity contribution is 0.297. The van der Waals surface area contributed by atoms with E-state index < -0.39 is 0 Å². The van der Waals surface area contributed by atoms with Crippen molar-refractivity contribution in [3.8, 4) is 11.5 Å². The van der Waals surface area contributed by atoms with Crippen molar-refractivity contribution < 1.29 is 9.47 Å². The van der Waals surface area contributed by atoms with Gasteiger partial charge in [0.25, 0.3) is 0 Å². The van der Waals surface area contributed by atoms with E-state index in [1.807, 2.05) is 24.3 Å². The van der Waals surface area contributed by atoms with Gasteiger partial charge in [-0.2, -0.15) is 0 Å². The molecule has 0 bridgehead atoms. The van der Waals surface area contributed by atoms with Crippen molar-refractivity contribution in [3.63, 3.8) is 0 Å². The average molecular weight is 385 g/mol. The number of rotatable bonds is 1. The first-order valence-electron chi connectivity index (χ1n) is 9.67. The monoisotopic (exact) mass is 385 g/mol. The largest absolute Gasteiger partial charge is 0.489 e. The second-order valence-electron chi connectivity index (χ2n) is 7.26. The molecule has 29 heavy (non-hydrogen) atoms. The maximum absolute atomic E-state index is 6.09. The fraction of sp³-hybridized carbons (Fsp3) is 0.182. The predicted octanol–water partition coefficient (Wildman–Crippen LogP) is 3.64. The first kappa shape index (κ1) is 16.2. The summed E-state index contributed by atoms with van der Waals surface area (Å²) >= 11 is 0. The van der Waals surface area contributed by atoms with Gasteiger partial charge in [-0.3, -0.25) is 9.88 Å². The zero-order chi connectivity index (χ0) is 19.4. The zero-order valence-electron chi connectivity index (χ0n) is 15.6. The smallest absolute Gasteiger partial charge is 0.212 e. The lowest BCUT2D eigenvalue weighted by Crippen LogP contribution is -2.31. The topological polar surface area (TPSA) is 86.7 Å². The summed E-state index contributed by atoms with van der Waals surface area (Å²) in [6, 6.07) is 18.5. The van der Waals surface area contributed by atoms with Crippen molar-refractivity contribution in [1.82, 2.24) is 9.55 Å². The Kier molecular flexibility index (Phi) is 3.43. The summed E-state index contributed by atoms with van der Waals surface area (Å²) in [5.74, 6) is 2.46. The summed E-state index contributed by atoms with van der Waals surface area (Å²) in [5.41, 5.74) is 8.87. The highest BCUT2D eigenvalue weighted by Gasteiger charge is 2.27. The normalized spacial score (nSPS) is 18.1. The van der Waals surface area contributed by atoms with Crippen molar-refractivity contribution in [2.45, 2.75) is 12.6 Å². The summed E-state index contributed by atoms with van der Waals surface area (Å²) in [7, 11) is 0. The van der Waals surface area contributed by atoms with E-state index >= 15 is 0 Å². The van der Waals surface area contributed by atoms with Gasteiger partial charge in [0, 0.05) is 18.6 Å². The molecule has 0 spiro atoms. The van der Waals surface area contributed by atoms with Crippen LogP contribution in [-0.4, -0.2) is 28.7 Å². The number of imidazole rings is 1. The van der Waals surface area contributed by atoms with Gasteiger partial charge in [-0.25, -0.2) is 9.98 Å². The zero-order valence-corrected chi connectivity index (χ0v) is 15.6. The predicted molar refractivity (Wildman–Crippen MR) is 113 cm³/mol. The van der Waals surface area contributed by atoms with Crippen molar-refractivity contribution in [2.75, 3.05) is 18.5 Å². The van der Waals surface area contributed by atoms with E-state index in [4.69, 9.17) is 20.2 Å². The fourth-order valence-electron chi connectivity index (χ4n) is 4.02. The van der Waals surface area contributed by atoms with Gasteiger partial charge in [0.2, 0.25) is 5.95 Å². The minimum atomic E-state index is -0.314. The number of guanidine groups is 1. The summed E-state index contributed by atoms with van der Waals surface area (Å²) in [6.07, 6.45) is 0.547. The lowest BCUT2D eigenvalue weighted by atomic mass is 10.1. The molecule has 0 amide bonds. The van der Waals surface area contributed by atoms with Crippen LogP contribution in [0.15, 0.2) is 59.6 Å². The third-order valence-electron chi connectivity index (χ3n) is 5.38. The Morgan fingerprint density at radius 2 is 1.76 bits per heavy atom. The van der Waals surface area contributed by atoms with Crippen LogP contribution in [0, 0.1) is 0 Å². The molecular weight excluding hydrogens is 366 g/mol. The van der Waals surface area contributed by atoms with Crippen LogP contribution in [0.3, 0.4) is 0 Å². The van der Waals surface area contributed by atoms with E-state index in [9.17, 15) is 0 Å². The van der Waals surface area contributed by atoms with Crippen molar-refractivity contribution in [3.05, 3.63) is 60.2 Å². The number of anilines is 1. The number of hydrogen-bond donors (Lipinski definition) is 2. The molecule has 3 heterocycles. The minimum Gasteiger partial charge on any atom is -0.489 e. The summed E-state index contributed by atoms with van der Waals surface area (Å²) in [6.45, 7) is 1.27. The average Bonchev–Trinajstić information content (AvgIpc) is 2.92. The third-order valence-corrected chi connectivity index (χ3v) is 5.38. The van der Waals surface area contributed by atoms with Gasteiger partial charge < -0.3 is 15.2 Å². The standard InChI is InChI=1S/C22H19N5O2/c23-21-25-20(15-7-6-13-4-1-2-5-14(13)10-15)27-17-12-19-18(28-8-3-9-29-19)11-16(17)24-22(27)26-21/h1-2,4-7,10-12,20H,3,8-9H2,(H3,23,24,25,26). The number of ether oxygens (including phenoxy) is 2. The third kappa shape index (κ3) is 2.58. The van der Waals surface area contributed by atoms with Crippen LogP contribution in [-0.2, 0) is 0 Å². The molecule has 0 aliphatic carbocycles. The molecular formula is C22H19N5O2. The Labute approximate surface area is 166 Å². The minimum absolute atomic E-state index is 0.314. The second kappa shape index (κ2) is 6.13. The van der Waals surface area contributed by atoms with E-state index in [1.165, 1.54) is 5.39 Å². The molecule has 3 aromatic carbocycles. The maximum Gasteiger partial charge on any atom is 0.212 e. The van der Waals surface area contributed by atoms with Gasteiger partial charge in [0.05, 0.1) is 24.2 Å². The number of fused-ring (bicyclic) bond motifs is 5. The number of nitrogens with two attached hydrogens (primary N) is 1. The molecule has 0 radical (unpaired) electrons. The number of aliphatic imine (C=N–C) groups is 1. The number of nitrogens with one attached hydrogen (secondary N) is 1. The molecule has 0 saturated heterocycles. The van der Waals surface area contributed by atoms with Gasteiger partial charge in [-0.05, 0) is 22.4 Å². The number of benzene rings is 3. The van der Waals surface area contributed by atoms with E-state index in [2.05, 4.69) is 45.2 Å².